The largest absolute Gasteiger partial charge is 0.385 e. The first kappa shape index (κ1) is 18.8. The van der Waals surface area contributed by atoms with Crippen LogP contribution in [0, 0.1) is 0 Å². The molecule has 1 aliphatic rings. The number of morpholine rings is 1. The van der Waals surface area contributed by atoms with Crippen LogP contribution in [0.25, 0.3) is 11.3 Å². The molecule has 1 saturated heterocycles. The summed E-state index contributed by atoms with van der Waals surface area (Å²) in [7, 11) is 0. The van der Waals surface area contributed by atoms with Gasteiger partial charge in [-0.2, -0.15) is 0 Å². The van der Waals surface area contributed by atoms with Gasteiger partial charge < -0.3 is 19.7 Å². The van der Waals surface area contributed by atoms with Gasteiger partial charge in [-0.05, 0) is 19.1 Å². The van der Waals surface area contributed by atoms with Crippen molar-refractivity contribution < 1.29 is 19.2 Å². The van der Waals surface area contributed by atoms with Crippen molar-refractivity contribution in [2.75, 3.05) is 39.4 Å². The minimum Gasteiger partial charge on any atom is -0.385 e. The molecule has 8 heteroatoms. The molecule has 7 nitrogen and oxygen atoms in total. The Morgan fingerprint density at radius 3 is 2.69 bits per heavy atom. The standard InChI is InChI=1S/C18H22ClN3O4/c1-12(23)17-15(16(21-26-17)13-2-4-14(19)5-3-13)18(24)20-6-7-22-8-10-25-11-9-22/h2-5,12,23H,6-11H2,1H3,(H,20,24). The molecule has 140 valence electrons. The summed E-state index contributed by atoms with van der Waals surface area (Å²) >= 11 is 5.92. The molecular weight excluding hydrogens is 358 g/mol. The van der Waals surface area contributed by atoms with Gasteiger partial charge in [0.15, 0.2) is 5.76 Å². The van der Waals surface area contributed by atoms with Gasteiger partial charge in [0.1, 0.15) is 17.4 Å². The van der Waals surface area contributed by atoms with Gasteiger partial charge in [0.25, 0.3) is 5.91 Å². The zero-order valence-corrected chi connectivity index (χ0v) is 15.3. The van der Waals surface area contributed by atoms with Crippen LogP contribution in [0.4, 0.5) is 0 Å². The van der Waals surface area contributed by atoms with E-state index in [2.05, 4.69) is 15.4 Å². The summed E-state index contributed by atoms with van der Waals surface area (Å²) in [6.45, 7) is 5.91. The number of hydrogen-bond acceptors (Lipinski definition) is 6. The minimum atomic E-state index is -0.941. The van der Waals surface area contributed by atoms with Crippen LogP contribution >= 0.6 is 11.6 Å². The van der Waals surface area contributed by atoms with Crippen molar-refractivity contribution in [1.29, 1.82) is 0 Å². The summed E-state index contributed by atoms with van der Waals surface area (Å²) in [4.78, 5) is 15.0. The van der Waals surface area contributed by atoms with Crippen LogP contribution in [0.2, 0.25) is 5.02 Å². The number of benzene rings is 1. The topological polar surface area (TPSA) is 87.8 Å². The van der Waals surface area contributed by atoms with E-state index in [1.54, 1.807) is 24.3 Å². The third-order valence-electron chi connectivity index (χ3n) is 4.26. The number of hydrogen-bond donors (Lipinski definition) is 2. The molecule has 0 spiro atoms. The van der Waals surface area contributed by atoms with Gasteiger partial charge in [-0.3, -0.25) is 9.69 Å². The maximum absolute atomic E-state index is 12.7. The first-order valence-corrected chi connectivity index (χ1v) is 8.96. The molecule has 0 radical (unpaired) electrons. The molecular formula is C18H22ClN3O4. The van der Waals surface area contributed by atoms with Crippen molar-refractivity contribution >= 4 is 17.5 Å². The van der Waals surface area contributed by atoms with E-state index in [1.807, 2.05) is 0 Å². The predicted octanol–water partition coefficient (Wildman–Crippen LogP) is 2.11. The van der Waals surface area contributed by atoms with E-state index >= 15 is 0 Å². The third-order valence-corrected chi connectivity index (χ3v) is 4.51. The van der Waals surface area contributed by atoms with Crippen molar-refractivity contribution in [3.8, 4) is 11.3 Å². The van der Waals surface area contributed by atoms with Crippen LogP contribution in [0.15, 0.2) is 28.8 Å². The maximum Gasteiger partial charge on any atom is 0.257 e. The molecule has 0 saturated carbocycles. The molecule has 0 bridgehead atoms. The molecule has 1 aliphatic heterocycles. The SMILES string of the molecule is CC(O)c1onc(-c2ccc(Cl)cc2)c1C(=O)NCCN1CCOCC1. The lowest BCUT2D eigenvalue weighted by atomic mass is 10.0. The molecule has 2 N–H and O–H groups in total. The molecule has 1 aromatic carbocycles. The molecule has 1 atom stereocenters. The fourth-order valence-electron chi connectivity index (χ4n) is 2.85. The number of halogens is 1. The Labute approximate surface area is 156 Å². The normalized spacial score (nSPS) is 16.4. The number of rotatable bonds is 6. The van der Waals surface area contributed by atoms with E-state index in [0.29, 0.717) is 36.0 Å². The van der Waals surface area contributed by atoms with Gasteiger partial charge in [0.2, 0.25) is 0 Å². The summed E-state index contributed by atoms with van der Waals surface area (Å²) in [6.07, 6.45) is -0.941. The first-order chi connectivity index (χ1) is 12.6. The molecule has 3 rings (SSSR count). The molecule has 1 amide bonds. The summed E-state index contributed by atoms with van der Waals surface area (Å²) in [5.74, 6) is -0.167. The maximum atomic E-state index is 12.7. The average molecular weight is 380 g/mol. The highest BCUT2D eigenvalue weighted by Crippen LogP contribution is 2.29. The summed E-state index contributed by atoms with van der Waals surface area (Å²) < 4.78 is 10.6. The fourth-order valence-corrected chi connectivity index (χ4v) is 2.98. The lowest BCUT2D eigenvalue weighted by Gasteiger charge is -2.26. The molecule has 1 fully saturated rings. The number of aliphatic hydroxyl groups is 1. The van der Waals surface area contributed by atoms with Crippen LogP contribution < -0.4 is 5.32 Å². The highest BCUT2D eigenvalue weighted by molar-refractivity contribution is 6.30. The zero-order valence-electron chi connectivity index (χ0n) is 14.6. The lowest BCUT2D eigenvalue weighted by Crippen LogP contribution is -2.41. The molecule has 1 unspecified atom stereocenters. The molecule has 1 aromatic heterocycles. The monoisotopic (exact) mass is 379 g/mol. The Bertz CT molecular complexity index is 739. The predicted molar refractivity (Wildman–Crippen MR) is 97.2 cm³/mol. The van der Waals surface area contributed by atoms with E-state index in [-0.39, 0.29) is 17.2 Å². The fraction of sp³-hybridized carbons (Fsp3) is 0.444. The van der Waals surface area contributed by atoms with Gasteiger partial charge >= 0.3 is 0 Å². The first-order valence-electron chi connectivity index (χ1n) is 8.58. The van der Waals surface area contributed by atoms with Crippen LogP contribution in [-0.2, 0) is 4.74 Å². The number of carbonyl (C=O) groups excluding carboxylic acids is 1. The summed E-state index contributed by atoms with van der Waals surface area (Å²) in [5, 5.41) is 17.4. The number of nitrogens with zero attached hydrogens (tertiary/aromatic N) is 2. The minimum absolute atomic E-state index is 0.152. The Balaban J connectivity index is 1.74. The van der Waals surface area contributed by atoms with Crippen molar-refractivity contribution in [2.24, 2.45) is 0 Å². The van der Waals surface area contributed by atoms with Gasteiger partial charge in [-0.25, -0.2) is 0 Å². The van der Waals surface area contributed by atoms with E-state index in [0.717, 1.165) is 19.6 Å². The number of aromatic nitrogens is 1. The second-order valence-corrected chi connectivity index (χ2v) is 6.60. The lowest BCUT2D eigenvalue weighted by molar-refractivity contribution is 0.0383. The van der Waals surface area contributed by atoms with Crippen molar-refractivity contribution in [2.45, 2.75) is 13.0 Å². The zero-order chi connectivity index (χ0) is 18.5. The average Bonchev–Trinajstić information content (AvgIpc) is 3.08. The van der Waals surface area contributed by atoms with Crippen LogP contribution in [-0.4, -0.2) is 60.5 Å². The van der Waals surface area contributed by atoms with Crippen molar-refractivity contribution in [3.05, 3.63) is 40.6 Å². The number of amides is 1. The summed E-state index contributed by atoms with van der Waals surface area (Å²) in [6, 6.07) is 6.95. The molecule has 26 heavy (non-hydrogen) atoms. The van der Waals surface area contributed by atoms with Gasteiger partial charge in [0, 0.05) is 36.8 Å². The number of ether oxygens (including phenoxy) is 1. The second kappa shape index (κ2) is 8.64. The molecule has 2 heterocycles. The number of aliphatic hydroxyl groups excluding tert-OH is 1. The van der Waals surface area contributed by atoms with Gasteiger partial charge in [0.05, 0.1) is 13.2 Å². The molecule has 0 aliphatic carbocycles. The quantitative estimate of drug-likeness (QED) is 0.799. The summed E-state index contributed by atoms with van der Waals surface area (Å²) in [5.41, 5.74) is 1.34. The number of carbonyl (C=O) groups is 1. The van der Waals surface area contributed by atoms with E-state index in [9.17, 15) is 9.90 Å². The smallest absolute Gasteiger partial charge is 0.257 e. The van der Waals surface area contributed by atoms with Crippen LogP contribution in [0.5, 0.6) is 0 Å². The third kappa shape index (κ3) is 4.42. The van der Waals surface area contributed by atoms with Gasteiger partial charge in [-0.15, -0.1) is 0 Å². The van der Waals surface area contributed by atoms with Crippen LogP contribution in [0.3, 0.4) is 0 Å². The van der Waals surface area contributed by atoms with Crippen molar-refractivity contribution in [1.82, 2.24) is 15.4 Å². The Hall–Kier alpha value is -1.93. The van der Waals surface area contributed by atoms with Crippen molar-refractivity contribution in [3.63, 3.8) is 0 Å². The van der Waals surface area contributed by atoms with Gasteiger partial charge in [-0.1, -0.05) is 28.9 Å². The van der Waals surface area contributed by atoms with E-state index < -0.39 is 6.10 Å². The Kier molecular flexibility index (Phi) is 6.26. The van der Waals surface area contributed by atoms with E-state index in [4.69, 9.17) is 20.9 Å². The van der Waals surface area contributed by atoms with E-state index in [1.165, 1.54) is 6.92 Å². The number of nitrogens with one attached hydrogen (secondary N) is 1. The van der Waals surface area contributed by atoms with Crippen LogP contribution in [0.1, 0.15) is 29.1 Å². The Morgan fingerprint density at radius 1 is 1.35 bits per heavy atom. The Morgan fingerprint density at radius 2 is 2.04 bits per heavy atom. The second-order valence-electron chi connectivity index (χ2n) is 6.16. The highest BCUT2D eigenvalue weighted by Gasteiger charge is 2.26. The highest BCUT2D eigenvalue weighted by atomic mass is 35.5. The molecule has 2 aromatic rings.